The summed E-state index contributed by atoms with van der Waals surface area (Å²) in [5, 5.41) is 2.26. The van der Waals surface area contributed by atoms with Crippen molar-refractivity contribution in [2.75, 3.05) is 32.1 Å². The van der Waals surface area contributed by atoms with Crippen molar-refractivity contribution in [2.24, 2.45) is 10.9 Å². The van der Waals surface area contributed by atoms with Gasteiger partial charge in [0.25, 0.3) is 5.91 Å². The molecule has 1 saturated heterocycles. The lowest BCUT2D eigenvalue weighted by atomic mass is 10.0. The van der Waals surface area contributed by atoms with Crippen LogP contribution in [0.1, 0.15) is 16.7 Å². The first-order valence-electron chi connectivity index (χ1n) is 8.28. The van der Waals surface area contributed by atoms with Gasteiger partial charge in [0, 0.05) is 6.21 Å². The molecular weight excluding hydrogens is 320 g/mol. The van der Waals surface area contributed by atoms with Crippen molar-refractivity contribution >= 4 is 29.7 Å². The maximum absolute atomic E-state index is 12.8. The second-order valence-electron chi connectivity index (χ2n) is 6.71. The van der Waals surface area contributed by atoms with Crippen molar-refractivity contribution in [1.29, 1.82) is 0 Å². The molecule has 1 atom stereocenters. The van der Waals surface area contributed by atoms with Crippen LogP contribution in [0.25, 0.3) is 0 Å². The Morgan fingerprint density at radius 2 is 1.76 bits per heavy atom. The number of rotatable bonds is 5. The van der Waals surface area contributed by atoms with Gasteiger partial charge < -0.3 is 4.90 Å². The number of amides is 4. The Morgan fingerprint density at radius 1 is 1.16 bits per heavy atom. The minimum atomic E-state index is -1.09. The predicted molar refractivity (Wildman–Crippen MR) is 96.2 cm³/mol. The number of imide groups is 2. The molecule has 1 heterocycles. The fraction of sp³-hybridized carbons (Fsp3) is 0.444. The Balaban J connectivity index is 2.32. The molecule has 0 spiro atoms. The Morgan fingerprint density at radius 3 is 2.32 bits per heavy atom. The molecular formula is C18H25N4O3+. The minimum absolute atomic E-state index is 0.510. The normalized spacial score (nSPS) is 18.4. The standard InChI is InChI=1S/C18H24N4O3/c1-11-8-12(2)15(13(3)9-11)22-17(24)14(16(23)20-18(22)25)10-19-6-7-21(4)5/h8-10,14H,6-7H2,1-5H3,(H,20,23,25)/p+1/t14-/m0/s1. The number of likely N-dealkylation sites (N-methyl/N-ethyl adjacent to an activating group) is 1. The van der Waals surface area contributed by atoms with Gasteiger partial charge in [0.1, 0.15) is 0 Å². The number of barbiturate groups is 1. The summed E-state index contributed by atoms with van der Waals surface area (Å²) in [6.45, 7) is 6.94. The lowest BCUT2D eigenvalue weighted by molar-refractivity contribution is -0.856. The van der Waals surface area contributed by atoms with E-state index in [2.05, 4.69) is 10.3 Å². The fourth-order valence-corrected chi connectivity index (χ4v) is 2.93. The molecule has 1 aromatic rings. The van der Waals surface area contributed by atoms with E-state index in [-0.39, 0.29) is 0 Å². The van der Waals surface area contributed by atoms with Crippen molar-refractivity contribution in [3.8, 4) is 0 Å². The molecule has 0 radical (unpaired) electrons. The molecule has 1 fully saturated rings. The molecule has 1 aromatic carbocycles. The molecule has 2 N–H and O–H groups in total. The quantitative estimate of drug-likeness (QED) is 0.583. The van der Waals surface area contributed by atoms with E-state index in [1.807, 2.05) is 47.0 Å². The molecule has 7 nitrogen and oxygen atoms in total. The Bertz CT molecular complexity index is 717. The van der Waals surface area contributed by atoms with Crippen LogP contribution in [0, 0.1) is 26.7 Å². The van der Waals surface area contributed by atoms with Crippen LogP contribution >= 0.6 is 0 Å². The first kappa shape index (κ1) is 18.8. The highest BCUT2D eigenvalue weighted by Gasteiger charge is 2.41. The fourth-order valence-electron chi connectivity index (χ4n) is 2.93. The van der Waals surface area contributed by atoms with Gasteiger partial charge in [-0.25, -0.2) is 9.69 Å². The van der Waals surface area contributed by atoms with E-state index in [4.69, 9.17) is 0 Å². The van der Waals surface area contributed by atoms with Crippen molar-refractivity contribution < 1.29 is 19.3 Å². The van der Waals surface area contributed by atoms with Crippen LogP contribution in [0.2, 0.25) is 0 Å². The highest BCUT2D eigenvalue weighted by Crippen LogP contribution is 2.29. The lowest BCUT2D eigenvalue weighted by Gasteiger charge is -2.30. The number of aliphatic imine (C=N–C) groups is 1. The van der Waals surface area contributed by atoms with Crippen LogP contribution in [0.4, 0.5) is 10.5 Å². The monoisotopic (exact) mass is 345 g/mol. The number of anilines is 1. The van der Waals surface area contributed by atoms with Gasteiger partial charge in [-0.1, -0.05) is 17.7 Å². The first-order valence-corrected chi connectivity index (χ1v) is 8.28. The van der Waals surface area contributed by atoms with Crippen LogP contribution < -0.4 is 15.1 Å². The number of benzene rings is 1. The zero-order valence-electron chi connectivity index (χ0n) is 15.3. The summed E-state index contributed by atoms with van der Waals surface area (Å²) in [6.07, 6.45) is 1.35. The Hall–Kier alpha value is -2.54. The summed E-state index contributed by atoms with van der Waals surface area (Å²) in [7, 11) is 3.99. The van der Waals surface area contributed by atoms with E-state index < -0.39 is 23.8 Å². The third-order valence-electron chi connectivity index (χ3n) is 4.06. The van der Waals surface area contributed by atoms with Crippen LogP contribution in [0.5, 0.6) is 0 Å². The topological polar surface area (TPSA) is 83.3 Å². The number of nitrogens with one attached hydrogen (secondary N) is 2. The smallest absolute Gasteiger partial charge is 0.335 e. The van der Waals surface area contributed by atoms with Gasteiger partial charge in [0.2, 0.25) is 5.91 Å². The second kappa shape index (κ2) is 7.57. The molecule has 0 aliphatic carbocycles. The maximum Gasteiger partial charge on any atom is 0.335 e. The molecule has 134 valence electrons. The second-order valence-corrected chi connectivity index (χ2v) is 6.71. The van der Waals surface area contributed by atoms with Gasteiger partial charge in [0.15, 0.2) is 5.92 Å². The van der Waals surface area contributed by atoms with Crippen LogP contribution in [-0.2, 0) is 9.59 Å². The summed E-state index contributed by atoms with van der Waals surface area (Å²) in [5.74, 6) is -2.28. The zero-order chi connectivity index (χ0) is 18.7. The van der Waals surface area contributed by atoms with Gasteiger partial charge in [-0.2, -0.15) is 0 Å². The number of quaternary nitrogens is 1. The van der Waals surface area contributed by atoms with E-state index in [0.717, 1.165) is 28.1 Å². The summed E-state index contributed by atoms with van der Waals surface area (Å²) in [5.41, 5.74) is 3.19. The van der Waals surface area contributed by atoms with Gasteiger partial charge in [0.05, 0.1) is 32.9 Å². The average molecular weight is 345 g/mol. The third-order valence-corrected chi connectivity index (χ3v) is 4.06. The molecule has 25 heavy (non-hydrogen) atoms. The largest absolute Gasteiger partial charge is 0.338 e. The van der Waals surface area contributed by atoms with E-state index in [1.165, 1.54) is 11.1 Å². The molecule has 1 aliphatic rings. The lowest BCUT2D eigenvalue weighted by Crippen LogP contribution is -3.06. The molecule has 0 unspecified atom stereocenters. The summed E-state index contributed by atoms with van der Waals surface area (Å²) in [6, 6.07) is 3.09. The Kier molecular flexibility index (Phi) is 5.69. The molecule has 2 rings (SSSR count). The van der Waals surface area contributed by atoms with Crippen LogP contribution in [-0.4, -0.2) is 51.2 Å². The van der Waals surface area contributed by atoms with Gasteiger partial charge in [-0.3, -0.25) is 19.9 Å². The number of hydrogen-bond acceptors (Lipinski definition) is 4. The highest BCUT2D eigenvalue weighted by molar-refractivity contribution is 6.32. The van der Waals surface area contributed by atoms with Gasteiger partial charge >= 0.3 is 6.03 Å². The molecule has 0 aromatic heterocycles. The van der Waals surface area contributed by atoms with E-state index in [1.54, 1.807) is 0 Å². The number of aryl methyl sites for hydroxylation is 3. The first-order chi connectivity index (χ1) is 11.7. The number of nitrogens with zero attached hydrogens (tertiary/aromatic N) is 2. The van der Waals surface area contributed by atoms with E-state index in [9.17, 15) is 14.4 Å². The molecule has 0 bridgehead atoms. The summed E-state index contributed by atoms with van der Waals surface area (Å²) in [4.78, 5) is 43.6. The Labute approximate surface area is 147 Å². The molecule has 1 aliphatic heterocycles. The van der Waals surface area contributed by atoms with Crippen molar-refractivity contribution in [3.63, 3.8) is 0 Å². The van der Waals surface area contributed by atoms with Crippen molar-refractivity contribution in [2.45, 2.75) is 20.8 Å². The maximum atomic E-state index is 12.8. The van der Waals surface area contributed by atoms with Crippen molar-refractivity contribution in [3.05, 3.63) is 28.8 Å². The number of carbonyl (C=O) groups excluding carboxylic acids is 3. The zero-order valence-corrected chi connectivity index (χ0v) is 15.3. The van der Waals surface area contributed by atoms with Crippen LogP contribution in [0.15, 0.2) is 17.1 Å². The summed E-state index contributed by atoms with van der Waals surface area (Å²) < 4.78 is 0. The molecule has 4 amide bonds. The predicted octanol–water partition coefficient (Wildman–Crippen LogP) is 0.0262. The third kappa shape index (κ3) is 4.11. The van der Waals surface area contributed by atoms with Crippen LogP contribution in [0.3, 0.4) is 0 Å². The number of urea groups is 1. The number of hydrogen-bond donors (Lipinski definition) is 2. The average Bonchev–Trinajstić information content (AvgIpc) is 2.48. The van der Waals surface area contributed by atoms with Gasteiger partial charge in [-0.15, -0.1) is 0 Å². The van der Waals surface area contributed by atoms with E-state index >= 15 is 0 Å². The van der Waals surface area contributed by atoms with Gasteiger partial charge in [-0.05, 0) is 31.9 Å². The number of carbonyl (C=O) groups is 3. The van der Waals surface area contributed by atoms with E-state index in [0.29, 0.717) is 12.2 Å². The van der Waals surface area contributed by atoms with Crippen molar-refractivity contribution in [1.82, 2.24) is 5.32 Å². The molecule has 7 heteroatoms. The minimum Gasteiger partial charge on any atom is -0.338 e. The SMILES string of the molecule is Cc1cc(C)c(N2C(=O)NC(=O)[C@H](C=NCC[NH+](C)C)C2=O)c(C)c1. The highest BCUT2D eigenvalue weighted by atomic mass is 16.2. The summed E-state index contributed by atoms with van der Waals surface area (Å²) >= 11 is 0. The molecule has 0 saturated carbocycles.